The Kier molecular flexibility index (Phi) is 6.58. The summed E-state index contributed by atoms with van der Waals surface area (Å²) in [5.74, 6) is -0.236. The number of thiocarbonyl (C=S) groups is 1. The highest BCUT2D eigenvalue weighted by Gasteiger charge is 2.14. The molecule has 0 aliphatic heterocycles. The van der Waals surface area contributed by atoms with Gasteiger partial charge in [0.2, 0.25) is 5.91 Å². The van der Waals surface area contributed by atoms with Gasteiger partial charge >= 0.3 is 0 Å². The first-order valence-corrected chi connectivity index (χ1v) is 10.6. The minimum Gasteiger partial charge on any atom is -0.332 e. The first kappa shape index (κ1) is 20.5. The van der Waals surface area contributed by atoms with E-state index in [4.69, 9.17) is 12.2 Å². The van der Waals surface area contributed by atoms with E-state index >= 15 is 0 Å². The monoisotopic (exact) mass is 425 g/mol. The zero-order valence-corrected chi connectivity index (χ0v) is 17.0. The van der Waals surface area contributed by atoms with Gasteiger partial charge in [-0.1, -0.05) is 48.5 Å². The Bertz CT molecular complexity index is 1090. The van der Waals surface area contributed by atoms with Crippen molar-refractivity contribution in [1.29, 1.82) is 0 Å². The van der Waals surface area contributed by atoms with E-state index in [0.29, 0.717) is 11.4 Å². The van der Waals surface area contributed by atoms with Gasteiger partial charge in [0.25, 0.3) is 10.0 Å². The van der Waals surface area contributed by atoms with Crippen molar-refractivity contribution in [3.63, 3.8) is 0 Å². The van der Waals surface area contributed by atoms with E-state index in [0.717, 1.165) is 5.56 Å². The van der Waals surface area contributed by atoms with Crippen molar-refractivity contribution < 1.29 is 13.2 Å². The normalized spacial score (nSPS) is 10.8. The first-order chi connectivity index (χ1) is 13.9. The van der Waals surface area contributed by atoms with Crippen LogP contribution < -0.4 is 15.4 Å². The third-order valence-electron chi connectivity index (χ3n) is 3.91. The number of hydrogen-bond acceptors (Lipinski definition) is 4. The highest BCUT2D eigenvalue weighted by molar-refractivity contribution is 7.92. The number of amides is 1. The number of rotatable bonds is 6. The van der Waals surface area contributed by atoms with Gasteiger partial charge in [-0.15, -0.1) is 0 Å². The van der Waals surface area contributed by atoms with Gasteiger partial charge < -0.3 is 10.6 Å². The maximum atomic E-state index is 12.4. The number of carbonyl (C=O) groups is 1. The zero-order valence-electron chi connectivity index (χ0n) is 15.3. The predicted octanol–water partition coefficient (Wildman–Crippen LogP) is 3.54. The van der Waals surface area contributed by atoms with Crippen LogP contribution in [0.2, 0.25) is 0 Å². The summed E-state index contributed by atoms with van der Waals surface area (Å²) in [6.45, 7) is 0. The minimum absolute atomic E-state index is 0.117. The molecule has 3 N–H and O–H groups in total. The summed E-state index contributed by atoms with van der Waals surface area (Å²) in [4.78, 5) is 12.2. The Balaban J connectivity index is 1.57. The Labute approximate surface area is 175 Å². The van der Waals surface area contributed by atoms with Crippen LogP contribution in [0, 0.1) is 0 Å². The van der Waals surface area contributed by atoms with E-state index in [2.05, 4.69) is 15.4 Å². The molecule has 0 heterocycles. The van der Waals surface area contributed by atoms with Crippen LogP contribution in [0.25, 0.3) is 0 Å². The highest BCUT2D eigenvalue weighted by atomic mass is 32.2. The molecule has 0 saturated heterocycles. The van der Waals surface area contributed by atoms with Gasteiger partial charge in [0.15, 0.2) is 5.11 Å². The van der Waals surface area contributed by atoms with Gasteiger partial charge in [-0.3, -0.25) is 9.52 Å². The lowest BCUT2D eigenvalue weighted by Gasteiger charge is -2.11. The molecule has 8 heteroatoms. The number of para-hydroxylation sites is 1. The molecule has 3 aromatic carbocycles. The smallest absolute Gasteiger partial charge is 0.261 e. The Morgan fingerprint density at radius 1 is 0.793 bits per heavy atom. The quantitative estimate of drug-likeness (QED) is 0.526. The van der Waals surface area contributed by atoms with Gasteiger partial charge in [-0.25, -0.2) is 8.42 Å². The number of hydrogen-bond donors (Lipinski definition) is 3. The fraction of sp³-hybridized carbons (Fsp3) is 0.0476. The van der Waals surface area contributed by atoms with Crippen molar-refractivity contribution in [3.8, 4) is 0 Å². The van der Waals surface area contributed by atoms with Gasteiger partial charge in [0.1, 0.15) is 0 Å². The summed E-state index contributed by atoms with van der Waals surface area (Å²) in [7, 11) is -3.69. The molecule has 0 aliphatic rings. The summed E-state index contributed by atoms with van der Waals surface area (Å²) in [5, 5.41) is 5.62. The number of anilines is 2. The van der Waals surface area contributed by atoms with Gasteiger partial charge in [-0.2, -0.15) is 0 Å². The molecule has 0 aromatic heterocycles. The van der Waals surface area contributed by atoms with Crippen molar-refractivity contribution >= 4 is 44.6 Å². The molecule has 3 rings (SSSR count). The van der Waals surface area contributed by atoms with Crippen molar-refractivity contribution in [2.45, 2.75) is 11.3 Å². The number of benzene rings is 3. The second-order valence-corrected chi connectivity index (χ2v) is 8.25. The Morgan fingerprint density at radius 2 is 1.38 bits per heavy atom. The van der Waals surface area contributed by atoms with E-state index in [1.165, 1.54) is 12.1 Å². The first-order valence-electron chi connectivity index (χ1n) is 8.75. The zero-order chi connectivity index (χ0) is 20.7. The Hall–Kier alpha value is -3.23. The fourth-order valence-electron chi connectivity index (χ4n) is 2.55. The summed E-state index contributed by atoms with van der Waals surface area (Å²) >= 11 is 5.15. The van der Waals surface area contributed by atoms with Crippen LogP contribution in [-0.4, -0.2) is 19.4 Å². The Morgan fingerprint density at radius 3 is 2.00 bits per heavy atom. The van der Waals surface area contributed by atoms with E-state index in [-0.39, 0.29) is 22.3 Å². The van der Waals surface area contributed by atoms with Gasteiger partial charge in [0, 0.05) is 11.4 Å². The molecular weight excluding hydrogens is 406 g/mol. The van der Waals surface area contributed by atoms with Gasteiger partial charge in [-0.05, 0) is 54.2 Å². The third-order valence-corrected chi connectivity index (χ3v) is 5.51. The van der Waals surface area contributed by atoms with Gasteiger partial charge in [0.05, 0.1) is 11.3 Å². The summed E-state index contributed by atoms with van der Waals surface area (Å²) in [5.41, 5.74) is 1.93. The van der Waals surface area contributed by atoms with Crippen LogP contribution in [0.15, 0.2) is 89.8 Å². The molecule has 148 valence electrons. The third kappa shape index (κ3) is 6.13. The second kappa shape index (κ2) is 9.31. The van der Waals surface area contributed by atoms with Crippen LogP contribution in [0.1, 0.15) is 5.56 Å². The standard InChI is InChI=1S/C21H19N3O3S2/c25-20(15-16-7-3-1-4-8-16)23-21(28)22-17-11-13-19(14-12-17)29(26,27)24-18-9-5-2-6-10-18/h1-14,24H,15H2,(H2,22,23,25,28). The molecule has 3 aromatic rings. The van der Waals surface area contributed by atoms with Crippen LogP contribution in [0.5, 0.6) is 0 Å². The summed E-state index contributed by atoms with van der Waals surface area (Å²) < 4.78 is 27.4. The van der Waals surface area contributed by atoms with Crippen molar-refractivity contribution in [2.75, 3.05) is 10.0 Å². The highest BCUT2D eigenvalue weighted by Crippen LogP contribution is 2.18. The van der Waals surface area contributed by atoms with Crippen LogP contribution in [0.3, 0.4) is 0 Å². The minimum atomic E-state index is -3.69. The van der Waals surface area contributed by atoms with E-state index in [1.807, 2.05) is 30.3 Å². The topological polar surface area (TPSA) is 87.3 Å². The van der Waals surface area contributed by atoms with Crippen molar-refractivity contribution in [2.24, 2.45) is 0 Å². The fourth-order valence-corrected chi connectivity index (χ4v) is 3.84. The summed E-state index contributed by atoms with van der Waals surface area (Å²) in [6, 6.07) is 24.0. The van der Waals surface area contributed by atoms with Crippen LogP contribution in [-0.2, 0) is 21.2 Å². The van der Waals surface area contributed by atoms with Crippen molar-refractivity contribution in [1.82, 2.24) is 5.32 Å². The molecule has 0 fully saturated rings. The lowest BCUT2D eigenvalue weighted by molar-refractivity contribution is -0.119. The van der Waals surface area contributed by atoms with Crippen LogP contribution >= 0.6 is 12.2 Å². The molecule has 0 spiro atoms. The maximum Gasteiger partial charge on any atom is 0.261 e. The molecule has 0 bridgehead atoms. The molecular formula is C21H19N3O3S2. The van der Waals surface area contributed by atoms with Crippen molar-refractivity contribution in [3.05, 3.63) is 90.5 Å². The number of sulfonamides is 1. The average molecular weight is 426 g/mol. The SMILES string of the molecule is O=C(Cc1ccccc1)NC(=S)Nc1ccc(S(=O)(=O)Nc2ccccc2)cc1. The molecule has 0 atom stereocenters. The van der Waals surface area contributed by atoms with E-state index < -0.39 is 10.0 Å². The molecule has 0 radical (unpaired) electrons. The molecule has 0 unspecified atom stereocenters. The lowest BCUT2D eigenvalue weighted by atomic mass is 10.1. The molecule has 1 amide bonds. The second-order valence-electron chi connectivity index (χ2n) is 6.16. The lowest BCUT2D eigenvalue weighted by Crippen LogP contribution is -2.35. The molecule has 6 nitrogen and oxygen atoms in total. The average Bonchev–Trinajstić information content (AvgIpc) is 2.69. The van der Waals surface area contributed by atoms with E-state index in [9.17, 15) is 13.2 Å². The number of nitrogens with one attached hydrogen (secondary N) is 3. The van der Waals surface area contributed by atoms with Crippen LogP contribution in [0.4, 0.5) is 11.4 Å². The maximum absolute atomic E-state index is 12.4. The van der Waals surface area contributed by atoms with E-state index in [1.54, 1.807) is 42.5 Å². The predicted molar refractivity (Wildman–Crippen MR) is 118 cm³/mol. The number of carbonyl (C=O) groups excluding carboxylic acids is 1. The molecule has 0 saturated carbocycles. The molecule has 0 aliphatic carbocycles. The largest absolute Gasteiger partial charge is 0.332 e. The summed E-state index contributed by atoms with van der Waals surface area (Å²) in [6.07, 6.45) is 0.213. The molecule has 29 heavy (non-hydrogen) atoms.